The van der Waals surface area contributed by atoms with Crippen LogP contribution >= 0.6 is 0 Å². The van der Waals surface area contributed by atoms with Crippen molar-refractivity contribution >= 4 is 6.09 Å². The van der Waals surface area contributed by atoms with E-state index in [4.69, 9.17) is 9.47 Å². The summed E-state index contributed by atoms with van der Waals surface area (Å²) in [5.41, 5.74) is 1.13. The van der Waals surface area contributed by atoms with Gasteiger partial charge in [-0.1, -0.05) is 60.7 Å². The standard InChI is InChI=1S/C22H27NO3/c1-21(2,3)26-20(24)23(15-17-11-7-5-8-12-17)22(4)16-25-19(22)18-13-9-6-10-14-18/h5-14,19H,15-16H2,1-4H3/t19-,22+/m1/s1. The summed E-state index contributed by atoms with van der Waals surface area (Å²) in [4.78, 5) is 14.8. The smallest absolute Gasteiger partial charge is 0.411 e. The predicted molar refractivity (Wildman–Crippen MR) is 102 cm³/mol. The number of carbonyl (C=O) groups excluding carboxylic acids is 1. The van der Waals surface area contributed by atoms with Gasteiger partial charge in [0.1, 0.15) is 11.7 Å². The Morgan fingerprint density at radius 2 is 1.69 bits per heavy atom. The van der Waals surface area contributed by atoms with Crippen molar-refractivity contribution in [3.05, 3.63) is 71.8 Å². The number of nitrogens with zero attached hydrogens (tertiary/aromatic N) is 1. The zero-order chi connectivity index (χ0) is 18.8. The average Bonchev–Trinajstić information content (AvgIpc) is 2.58. The maximum Gasteiger partial charge on any atom is 0.411 e. The van der Waals surface area contributed by atoms with E-state index in [9.17, 15) is 4.79 Å². The van der Waals surface area contributed by atoms with E-state index in [1.54, 1.807) is 0 Å². The first-order valence-electron chi connectivity index (χ1n) is 9.01. The maximum atomic E-state index is 13.0. The van der Waals surface area contributed by atoms with E-state index in [1.165, 1.54) is 0 Å². The van der Waals surface area contributed by atoms with Gasteiger partial charge < -0.3 is 9.47 Å². The Hall–Kier alpha value is -2.33. The highest BCUT2D eigenvalue weighted by molar-refractivity contribution is 5.70. The molecule has 1 heterocycles. The summed E-state index contributed by atoms with van der Waals surface area (Å²) in [6.45, 7) is 8.71. The van der Waals surface area contributed by atoms with E-state index in [1.807, 2.05) is 86.3 Å². The molecule has 26 heavy (non-hydrogen) atoms. The van der Waals surface area contributed by atoms with Crippen molar-refractivity contribution in [1.82, 2.24) is 4.90 Å². The Morgan fingerprint density at radius 1 is 1.12 bits per heavy atom. The maximum absolute atomic E-state index is 13.0. The van der Waals surface area contributed by atoms with E-state index < -0.39 is 11.1 Å². The SMILES string of the molecule is CC(C)(C)OC(=O)N(Cc1ccccc1)[C@@]1(C)CO[C@@H]1c1ccccc1. The molecule has 0 bridgehead atoms. The van der Waals surface area contributed by atoms with Crippen molar-refractivity contribution in [3.63, 3.8) is 0 Å². The second-order valence-corrected chi connectivity index (χ2v) is 8.01. The first-order chi connectivity index (χ1) is 12.3. The molecule has 0 spiro atoms. The first-order valence-corrected chi connectivity index (χ1v) is 9.01. The molecule has 1 fully saturated rings. The lowest BCUT2D eigenvalue weighted by atomic mass is 9.83. The Labute approximate surface area is 155 Å². The van der Waals surface area contributed by atoms with E-state index in [0.29, 0.717) is 13.2 Å². The monoisotopic (exact) mass is 353 g/mol. The third-order valence-corrected chi connectivity index (χ3v) is 4.62. The van der Waals surface area contributed by atoms with E-state index in [2.05, 4.69) is 6.92 Å². The minimum atomic E-state index is -0.546. The Morgan fingerprint density at radius 3 is 2.19 bits per heavy atom. The quantitative estimate of drug-likeness (QED) is 0.780. The topological polar surface area (TPSA) is 38.8 Å². The Balaban J connectivity index is 1.90. The average molecular weight is 353 g/mol. The number of hydrogen-bond acceptors (Lipinski definition) is 3. The molecule has 0 N–H and O–H groups in total. The fourth-order valence-electron chi connectivity index (χ4n) is 3.25. The summed E-state index contributed by atoms with van der Waals surface area (Å²) in [6.07, 6.45) is -0.479. The number of hydrogen-bond donors (Lipinski definition) is 0. The lowest BCUT2D eigenvalue weighted by molar-refractivity contribution is -0.194. The van der Waals surface area contributed by atoms with Crippen LogP contribution in [0.5, 0.6) is 0 Å². The molecule has 0 radical (unpaired) electrons. The van der Waals surface area contributed by atoms with E-state index in [-0.39, 0.29) is 12.2 Å². The summed E-state index contributed by atoms with van der Waals surface area (Å²) < 4.78 is 11.6. The van der Waals surface area contributed by atoms with Crippen LogP contribution < -0.4 is 0 Å². The molecular weight excluding hydrogens is 326 g/mol. The van der Waals surface area contributed by atoms with Gasteiger partial charge in [0.2, 0.25) is 0 Å². The molecule has 0 unspecified atom stereocenters. The van der Waals surface area contributed by atoms with Crippen LogP contribution in [-0.4, -0.2) is 28.7 Å². The molecule has 2 aromatic rings. The molecule has 138 valence electrons. The van der Waals surface area contributed by atoms with Gasteiger partial charge in [-0.05, 0) is 38.8 Å². The van der Waals surface area contributed by atoms with E-state index >= 15 is 0 Å². The molecule has 4 nitrogen and oxygen atoms in total. The van der Waals surface area contributed by atoms with Crippen LogP contribution in [0.2, 0.25) is 0 Å². The van der Waals surface area contributed by atoms with Crippen molar-refractivity contribution in [2.45, 2.75) is 51.5 Å². The van der Waals surface area contributed by atoms with Gasteiger partial charge in [0.05, 0.1) is 12.1 Å². The fraction of sp³-hybridized carbons (Fsp3) is 0.409. The third-order valence-electron chi connectivity index (χ3n) is 4.62. The number of amides is 1. The summed E-state index contributed by atoms with van der Waals surface area (Å²) in [6, 6.07) is 20.0. The fourth-order valence-corrected chi connectivity index (χ4v) is 3.25. The van der Waals surface area contributed by atoms with Crippen molar-refractivity contribution in [1.29, 1.82) is 0 Å². The van der Waals surface area contributed by atoms with Crippen molar-refractivity contribution in [2.24, 2.45) is 0 Å². The molecule has 2 atom stereocenters. The normalized spacial score (nSPS) is 22.4. The lowest BCUT2D eigenvalue weighted by Gasteiger charge is -2.53. The van der Waals surface area contributed by atoms with Crippen LogP contribution in [0.25, 0.3) is 0 Å². The largest absolute Gasteiger partial charge is 0.444 e. The summed E-state index contributed by atoms with van der Waals surface area (Å²) >= 11 is 0. The molecule has 0 aromatic heterocycles. The summed E-state index contributed by atoms with van der Waals surface area (Å²) in [5, 5.41) is 0. The first kappa shape index (κ1) is 18.5. The molecule has 1 saturated heterocycles. The second-order valence-electron chi connectivity index (χ2n) is 8.01. The van der Waals surface area contributed by atoms with Gasteiger partial charge in [-0.25, -0.2) is 4.79 Å². The molecule has 1 aliphatic rings. The number of carbonyl (C=O) groups is 1. The van der Waals surface area contributed by atoms with Crippen LogP contribution in [-0.2, 0) is 16.0 Å². The highest BCUT2D eigenvalue weighted by atomic mass is 16.6. The number of rotatable bonds is 4. The Bertz CT molecular complexity index is 739. The van der Waals surface area contributed by atoms with Crippen molar-refractivity contribution in [3.8, 4) is 0 Å². The van der Waals surface area contributed by atoms with Crippen LogP contribution in [0, 0.1) is 0 Å². The van der Waals surface area contributed by atoms with Gasteiger partial charge in [-0.2, -0.15) is 0 Å². The van der Waals surface area contributed by atoms with Gasteiger partial charge in [-0.15, -0.1) is 0 Å². The zero-order valence-corrected chi connectivity index (χ0v) is 15.9. The molecule has 3 rings (SSSR count). The molecule has 0 saturated carbocycles. The minimum absolute atomic E-state index is 0.167. The van der Waals surface area contributed by atoms with Crippen LogP contribution in [0.1, 0.15) is 44.9 Å². The number of ether oxygens (including phenoxy) is 2. The summed E-state index contributed by atoms with van der Waals surface area (Å²) in [7, 11) is 0. The summed E-state index contributed by atoms with van der Waals surface area (Å²) in [5.74, 6) is 0. The predicted octanol–water partition coefficient (Wildman–Crippen LogP) is 4.95. The molecule has 4 heteroatoms. The van der Waals surface area contributed by atoms with Gasteiger partial charge >= 0.3 is 6.09 Å². The van der Waals surface area contributed by atoms with Crippen molar-refractivity contribution in [2.75, 3.05) is 6.61 Å². The molecule has 0 aliphatic carbocycles. The zero-order valence-electron chi connectivity index (χ0n) is 15.9. The van der Waals surface area contributed by atoms with Crippen LogP contribution in [0.4, 0.5) is 4.79 Å². The Kier molecular flexibility index (Phi) is 5.05. The second kappa shape index (κ2) is 7.12. The molecule has 2 aromatic carbocycles. The van der Waals surface area contributed by atoms with E-state index in [0.717, 1.165) is 11.1 Å². The van der Waals surface area contributed by atoms with Crippen LogP contribution in [0.3, 0.4) is 0 Å². The highest BCUT2D eigenvalue weighted by Gasteiger charge is 2.52. The molecule has 1 aliphatic heterocycles. The van der Waals surface area contributed by atoms with Gasteiger partial charge in [0, 0.05) is 6.54 Å². The number of benzene rings is 2. The van der Waals surface area contributed by atoms with Gasteiger partial charge in [-0.3, -0.25) is 4.90 Å². The van der Waals surface area contributed by atoms with Gasteiger partial charge in [0.25, 0.3) is 0 Å². The molecular formula is C22H27NO3. The lowest BCUT2D eigenvalue weighted by Crippen LogP contribution is -2.63. The minimum Gasteiger partial charge on any atom is -0.444 e. The van der Waals surface area contributed by atoms with Gasteiger partial charge in [0.15, 0.2) is 0 Å². The van der Waals surface area contributed by atoms with Crippen LogP contribution in [0.15, 0.2) is 60.7 Å². The third kappa shape index (κ3) is 3.91. The van der Waals surface area contributed by atoms with Crippen molar-refractivity contribution < 1.29 is 14.3 Å². The molecule has 1 amide bonds. The highest BCUT2D eigenvalue weighted by Crippen LogP contribution is 2.44.